The molecule has 0 atom stereocenters. The summed E-state index contributed by atoms with van der Waals surface area (Å²) in [6, 6.07) is 2.94. The summed E-state index contributed by atoms with van der Waals surface area (Å²) in [5.74, 6) is 0.345. The standard InChI is InChI=1S/C16H25FN2O2/c1-2-7-21-16-9-15(14(18)8-13(16)17)19-10-11-3-5-12(20)6-4-11/h8-9,11-12,19-20H,2-7,10,18H2,1H3. The van der Waals surface area contributed by atoms with E-state index in [9.17, 15) is 9.50 Å². The molecule has 1 aromatic carbocycles. The molecule has 0 radical (unpaired) electrons. The SMILES string of the molecule is CCCOc1cc(NCC2CCC(O)CC2)c(N)cc1F. The number of rotatable bonds is 6. The highest BCUT2D eigenvalue weighted by molar-refractivity contribution is 5.68. The van der Waals surface area contributed by atoms with Crippen molar-refractivity contribution in [2.24, 2.45) is 5.92 Å². The lowest BCUT2D eigenvalue weighted by Gasteiger charge is -2.26. The summed E-state index contributed by atoms with van der Waals surface area (Å²) in [6.07, 6.45) is 4.41. The van der Waals surface area contributed by atoms with Gasteiger partial charge < -0.3 is 20.9 Å². The molecule has 1 aliphatic carbocycles. The minimum Gasteiger partial charge on any atom is -0.490 e. The number of aliphatic hydroxyl groups excluding tert-OH is 1. The van der Waals surface area contributed by atoms with Crippen LogP contribution in [0.4, 0.5) is 15.8 Å². The predicted octanol–water partition coefficient (Wildman–Crippen LogP) is 3.16. The Morgan fingerprint density at radius 2 is 2.05 bits per heavy atom. The van der Waals surface area contributed by atoms with Gasteiger partial charge in [-0.1, -0.05) is 6.92 Å². The minimum atomic E-state index is -0.424. The molecule has 1 saturated carbocycles. The third-order valence-electron chi connectivity index (χ3n) is 3.96. The average molecular weight is 296 g/mol. The van der Waals surface area contributed by atoms with Gasteiger partial charge in [0.25, 0.3) is 0 Å². The maximum Gasteiger partial charge on any atom is 0.167 e. The van der Waals surface area contributed by atoms with Gasteiger partial charge in [-0.05, 0) is 38.0 Å². The molecule has 1 aliphatic rings. The lowest BCUT2D eigenvalue weighted by atomic mass is 9.87. The fourth-order valence-electron chi connectivity index (χ4n) is 2.65. The molecule has 0 saturated heterocycles. The van der Waals surface area contributed by atoms with Crippen molar-refractivity contribution in [2.75, 3.05) is 24.2 Å². The van der Waals surface area contributed by atoms with Crippen LogP contribution in [0.2, 0.25) is 0 Å². The first-order chi connectivity index (χ1) is 10.1. The quantitative estimate of drug-likeness (QED) is 0.705. The van der Waals surface area contributed by atoms with E-state index in [4.69, 9.17) is 10.5 Å². The highest BCUT2D eigenvalue weighted by atomic mass is 19.1. The van der Waals surface area contributed by atoms with Crippen LogP contribution in [0.5, 0.6) is 5.75 Å². The Labute approximate surface area is 125 Å². The highest BCUT2D eigenvalue weighted by Crippen LogP contribution is 2.30. The smallest absolute Gasteiger partial charge is 0.167 e. The number of nitrogens with one attached hydrogen (secondary N) is 1. The molecule has 0 aliphatic heterocycles. The van der Waals surface area contributed by atoms with Gasteiger partial charge in [-0.2, -0.15) is 0 Å². The monoisotopic (exact) mass is 296 g/mol. The van der Waals surface area contributed by atoms with Gasteiger partial charge in [-0.15, -0.1) is 0 Å². The number of hydrogen-bond donors (Lipinski definition) is 3. The molecule has 2 rings (SSSR count). The van der Waals surface area contributed by atoms with Gasteiger partial charge >= 0.3 is 0 Å². The highest BCUT2D eigenvalue weighted by Gasteiger charge is 2.19. The number of anilines is 2. The van der Waals surface area contributed by atoms with Crippen LogP contribution < -0.4 is 15.8 Å². The van der Waals surface area contributed by atoms with Gasteiger partial charge in [-0.3, -0.25) is 0 Å². The second kappa shape index (κ2) is 7.50. The molecule has 0 heterocycles. The predicted molar refractivity (Wildman–Crippen MR) is 83.1 cm³/mol. The van der Waals surface area contributed by atoms with Crippen LogP contribution in [0.25, 0.3) is 0 Å². The number of benzene rings is 1. The Kier molecular flexibility index (Phi) is 5.67. The molecule has 0 unspecified atom stereocenters. The van der Waals surface area contributed by atoms with E-state index in [1.54, 1.807) is 6.07 Å². The van der Waals surface area contributed by atoms with E-state index < -0.39 is 5.82 Å². The van der Waals surface area contributed by atoms with Crippen LogP contribution in [-0.4, -0.2) is 24.4 Å². The molecule has 0 bridgehead atoms. The lowest BCUT2D eigenvalue weighted by Crippen LogP contribution is -2.23. The first kappa shape index (κ1) is 15.9. The number of nitrogen functional groups attached to an aromatic ring is 1. The van der Waals surface area contributed by atoms with Gasteiger partial charge in [-0.25, -0.2) is 4.39 Å². The first-order valence-corrected chi connectivity index (χ1v) is 7.74. The van der Waals surface area contributed by atoms with Crippen LogP contribution in [0.1, 0.15) is 39.0 Å². The van der Waals surface area contributed by atoms with Crippen molar-refractivity contribution in [2.45, 2.75) is 45.1 Å². The van der Waals surface area contributed by atoms with Crippen LogP contribution >= 0.6 is 0 Å². The van der Waals surface area contributed by atoms with Crippen LogP contribution in [0.3, 0.4) is 0 Å². The molecule has 1 aromatic rings. The van der Waals surface area contributed by atoms with Crippen molar-refractivity contribution in [3.63, 3.8) is 0 Å². The average Bonchev–Trinajstić information content (AvgIpc) is 2.47. The van der Waals surface area contributed by atoms with E-state index in [2.05, 4.69) is 5.32 Å². The second-order valence-corrected chi connectivity index (χ2v) is 5.77. The van der Waals surface area contributed by atoms with Crippen molar-refractivity contribution in [1.82, 2.24) is 0 Å². The molecule has 1 fully saturated rings. The van der Waals surface area contributed by atoms with E-state index in [-0.39, 0.29) is 11.9 Å². The summed E-state index contributed by atoms with van der Waals surface area (Å²) < 4.78 is 19.1. The lowest BCUT2D eigenvalue weighted by molar-refractivity contribution is 0.111. The summed E-state index contributed by atoms with van der Waals surface area (Å²) in [5, 5.41) is 12.8. The summed E-state index contributed by atoms with van der Waals surface area (Å²) in [6.45, 7) is 3.25. The van der Waals surface area contributed by atoms with E-state index in [1.165, 1.54) is 6.07 Å². The normalized spacial score (nSPS) is 22.0. The largest absolute Gasteiger partial charge is 0.490 e. The molecule has 0 amide bonds. The number of aliphatic hydroxyl groups is 1. The first-order valence-electron chi connectivity index (χ1n) is 7.74. The molecule has 118 valence electrons. The molecule has 5 heteroatoms. The second-order valence-electron chi connectivity index (χ2n) is 5.77. The van der Waals surface area contributed by atoms with Gasteiger partial charge in [0.05, 0.1) is 24.1 Å². The Morgan fingerprint density at radius 1 is 1.33 bits per heavy atom. The van der Waals surface area contributed by atoms with Crippen molar-refractivity contribution in [3.8, 4) is 5.75 Å². The third-order valence-corrected chi connectivity index (χ3v) is 3.96. The molecular formula is C16H25FN2O2. The molecule has 0 spiro atoms. The summed E-state index contributed by atoms with van der Waals surface area (Å²) >= 11 is 0. The van der Waals surface area contributed by atoms with E-state index in [0.717, 1.165) is 38.6 Å². The van der Waals surface area contributed by atoms with Crippen LogP contribution in [0.15, 0.2) is 12.1 Å². The number of halogens is 1. The zero-order chi connectivity index (χ0) is 15.2. The Hall–Kier alpha value is -1.49. The number of ether oxygens (including phenoxy) is 1. The molecular weight excluding hydrogens is 271 g/mol. The zero-order valence-corrected chi connectivity index (χ0v) is 12.6. The topological polar surface area (TPSA) is 67.5 Å². The van der Waals surface area contributed by atoms with Gasteiger partial charge in [0, 0.05) is 18.7 Å². The minimum absolute atomic E-state index is 0.147. The summed E-state index contributed by atoms with van der Waals surface area (Å²) in [4.78, 5) is 0. The Balaban J connectivity index is 1.95. The maximum absolute atomic E-state index is 13.7. The molecule has 4 nitrogen and oxygen atoms in total. The van der Waals surface area contributed by atoms with E-state index in [0.29, 0.717) is 23.9 Å². The molecule has 4 N–H and O–H groups in total. The van der Waals surface area contributed by atoms with Gasteiger partial charge in [0.2, 0.25) is 0 Å². The summed E-state index contributed by atoms with van der Waals surface area (Å²) in [7, 11) is 0. The van der Waals surface area contributed by atoms with Crippen molar-refractivity contribution >= 4 is 11.4 Å². The van der Waals surface area contributed by atoms with Crippen LogP contribution in [0, 0.1) is 11.7 Å². The van der Waals surface area contributed by atoms with Crippen molar-refractivity contribution in [3.05, 3.63) is 17.9 Å². The third kappa shape index (κ3) is 4.49. The van der Waals surface area contributed by atoms with E-state index in [1.807, 2.05) is 6.92 Å². The fourth-order valence-corrected chi connectivity index (χ4v) is 2.65. The number of nitrogens with two attached hydrogens (primary N) is 1. The number of hydrogen-bond acceptors (Lipinski definition) is 4. The molecule has 21 heavy (non-hydrogen) atoms. The molecule has 0 aromatic heterocycles. The zero-order valence-electron chi connectivity index (χ0n) is 12.6. The van der Waals surface area contributed by atoms with Crippen LogP contribution in [-0.2, 0) is 0 Å². The van der Waals surface area contributed by atoms with E-state index >= 15 is 0 Å². The van der Waals surface area contributed by atoms with Gasteiger partial charge in [0.1, 0.15) is 0 Å². The summed E-state index contributed by atoms with van der Waals surface area (Å²) in [5.41, 5.74) is 6.97. The Morgan fingerprint density at radius 3 is 2.71 bits per heavy atom. The van der Waals surface area contributed by atoms with Gasteiger partial charge in [0.15, 0.2) is 11.6 Å². The Bertz CT molecular complexity index is 460. The maximum atomic E-state index is 13.7. The van der Waals surface area contributed by atoms with Crippen molar-refractivity contribution < 1.29 is 14.2 Å². The van der Waals surface area contributed by atoms with Crippen molar-refractivity contribution in [1.29, 1.82) is 0 Å². The fraction of sp³-hybridized carbons (Fsp3) is 0.625.